The first kappa shape index (κ1) is 13.8. The second-order valence-electron chi connectivity index (χ2n) is 4.00. The van der Waals surface area contributed by atoms with Gasteiger partial charge in [0, 0.05) is 0 Å². The molecule has 0 fully saturated rings. The summed E-state index contributed by atoms with van der Waals surface area (Å²) in [6.07, 6.45) is 3.33. The van der Waals surface area contributed by atoms with Crippen molar-refractivity contribution in [3.63, 3.8) is 0 Å². The predicted molar refractivity (Wildman–Crippen MR) is 77.3 cm³/mol. The Morgan fingerprint density at radius 2 is 1.60 bits per heavy atom. The van der Waals surface area contributed by atoms with Gasteiger partial charge in [0.2, 0.25) is 0 Å². The maximum absolute atomic E-state index is 9.51. The van der Waals surface area contributed by atoms with E-state index in [-0.39, 0.29) is 5.75 Å². The molecule has 1 N–H and O–H groups in total. The topological polar surface area (TPSA) is 47.9 Å². The Kier molecular flexibility index (Phi) is 4.50. The molecule has 2 aromatic rings. The van der Waals surface area contributed by atoms with E-state index in [4.69, 9.17) is 14.2 Å². The van der Waals surface area contributed by atoms with Crippen molar-refractivity contribution in [3.8, 4) is 23.0 Å². The lowest BCUT2D eigenvalue weighted by Gasteiger charge is -2.06. The first-order chi connectivity index (χ1) is 9.74. The van der Waals surface area contributed by atoms with E-state index in [0.29, 0.717) is 17.2 Å². The monoisotopic (exact) mass is 272 g/mol. The molecule has 4 heteroatoms. The van der Waals surface area contributed by atoms with Crippen molar-refractivity contribution in [2.24, 2.45) is 0 Å². The highest BCUT2D eigenvalue weighted by molar-refractivity contribution is 5.55. The van der Waals surface area contributed by atoms with Crippen molar-refractivity contribution in [1.29, 1.82) is 0 Å². The van der Waals surface area contributed by atoms with Crippen molar-refractivity contribution >= 4 is 6.08 Å². The quantitative estimate of drug-likeness (QED) is 0.847. The van der Waals surface area contributed by atoms with Crippen LogP contribution in [0.25, 0.3) is 6.08 Å². The molecule has 0 amide bonds. The first-order valence-corrected chi connectivity index (χ1v) is 6.08. The van der Waals surface area contributed by atoms with E-state index >= 15 is 0 Å². The minimum atomic E-state index is 0.107. The molecule has 0 spiro atoms. The molecule has 0 aromatic heterocycles. The van der Waals surface area contributed by atoms with E-state index in [9.17, 15) is 5.11 Å². The molecule has 0 bridgehead atoms. The Balaban J connectivity index is 2.10. The molecular weight excluding hydrogens is 256 g/mol. The number of ether oxygens (including phenoxy) is 3. The van der Waals surface area contributed by atoms with E-state index in [2.05, 4.69) is 0 Å². The smallest absolute Gasteiger partial charge is 0.168 e. The number of para-hydroxylation sites is 2. The number of methoxy groups -OCH3 is 2. The minimum absolute atomic E-state index is 0.107. The molecule has 0 aliphatic rings. The van der Waals surface area contributed by atoms with Gasteiger partial charge >= 0.3 is 0 Å². The minimum Gasteiger partial charge on any atom is -0.504 e. The van der Waals surface area contributed by atoms with E-state index < -0.39 is 0 Å². The number of hydrogen-bond acceptors (Lipinski definition) is 4. The molecule has 0 radical (unpaired) electrons. The Hall–Kier alpha value is -2.62. The summed E-state index contributed by atoms with van der Waals surface area (Å²) in [6, 6.07) is 12.4. The van der Waals surface area contributed by atoms with Crippen molar-refractivity contribution in [1.82, 2.24) is 0 Å². The lowest BCUT2D eigenvalue weighted by Crippen LogP contribution is -1.89. The molecule has 104 valence electrons. The molecule has 0 unspecified atom stereocenters. The normalized spacial score (nSPS) is 10.5. The Labute approximate surface area is 117 Å². The van der Waals surface area contributed by atoms with Crippen LogP contribution in [0.5, 0.6) is 23.0 Å². The third kappa shape index (κ3) is 3.23. The summed E-state index contributed by atoms with van der Waals surface area (Å²) in [4.78, 5) is 0. The van der Waals surface area contributed by atoms with Crippen LogP contribution in [0.2, 0.25) is 0 Å². The summed E-state index contributed by atoms with van der Waals surface area (Å²) in [5, 5.41) is 9.51. The van der Waals surface area contributed by atoms with Gasteiger partial charge in [-0.25, -0.2) is 0 Å². The summed E-state index contributed by atoms with van der Waals surface area (Å²) < 4.78 is 15.8. The van der Waals surface area contributed by atoms with Gasteiger partial charge in [-0.15, -0.1) is 0 Å². The van der Waals surface area contributed by atoms with Crippen LogP contribution in [0.3, 0.4) is 0 Å². The molecule has 0 aliphatic heterocycles. The number of hydrogen-bond donors (Lipinski definition) is 1. The van der Waals surface area contributed by atoms with Crippen LogP contribution in [0.15, 0.2) is 48.7 Å². The van der Waals surface area contributed by atoms with Gasteiger partial charge in [-0.1, -0.05) is 18.2 Å². The molecule has 2 rings (SSSR count). The number of phenols is 1. The number of aromatic hydroxyl groups is 1. The molecule has 0 saturated heterocycles. The van der Waals surface area contributed by atoms with Crippen LogP contribution >= 0.6 is 0 Å². The Bertz CT molecular complexity index is 605. The van der Waals surface area contributed by atoms with Gasteiger partial charge in [0.25, 0.3) is 0 Å². The molecule has 0 heterocycles. The fourth-order valence-electron chi connectivity index (χ4n) is 1.70. The van der Waals surface area contributed by atoms with Crippen LogP contribution in [-0.2, 0) is 0 Å². The third-order valence-electron chi connectivity index (χ3n) is 2.73. The Morgan fingerprint density at radius 3 is 2.30 bits per heavy atom. The highest BCUT2D eigenvalue weighted by Crippen LogP contribution is 2.28. The zero-order valence-electron chi connectivity index (χ0n) is 11.4. The van der Waals surface area contributed by atoms with Gasteiger partial charge in [0.05, 0.1) is 20.5 Å². The van der Waals surface area contributed by atoms with Crippen LogP contribution in [-0.4, -0.2) is 19.3 Å². The van der Waals surface area contributed by atoms with Gasteiger partial charge in [-0.3, -0.25) is 0 Å². The van der Waals surface area contributed by atoms with E-state index in [1.54, 1.807) is 37.6 Å². The van der Waals surface area contributed by atoms with Gasteiger partial charge in [0.1, 0.15) is 0 Å². The molecule has 20 heavy (non-hydrogen) atoms. The molecule has 0 atom stereocenters. The van der Waals surface area contributed by atoms with Crippen molar-refractivity contribution in [2.45, 2.75) is 0 Å². The summed E-state index contributed by atoms with van der Waals surface area (Å²) in [5.41, 5.74) is 0.856. The fraction of sp³-hybridized carbons (Fsp3) is 0.125. The van der Waals surface area contributed by atoms with Crippen molar-refractivity contribution in [2.75, 3.05) is 14.2 Å². The average molecular weight is 272 g/mol. The second-order valence-corrected chi connectivity index (χ2v) is 4.00. The van der Waals surface area contributed by atoms with Crippen molar-refractivity contribution < 1.29 is 19.3 Å². The number of rotatable bonds is 5. The van der Waals surface area contributed by atoms with Crippen LogP contribution in [0.4, 0.5) is 0 Å². The first-order valence-electron chi connectivity index (χ1n) is 6.08. The van der Waals surface area contributed by atoms with Crippen LogP contribution < -0.4 is 14.2 Å². The molecule has 0 aliphatic carbocycles. The predicted octanol–water partition coefficient (Wildman–Crippen LogP) is 3.46. The lowest BCUT2D eigenvalue weighted by atomic mass is 10.2. The molecule has 4 nitrogen and oxygen atoms in total. The third-order valence-corrected chi connectivity index (χ3v) is 2.73. The second kappa shape index (κ2) is 6.52. The summed E-state index contributed by atoms with van der Waals surface area (Å²) in [7, 11) is 3.10. The van der Waals surface area contributed by atoms with E-state index in [1.807, 2.05) is 24.3 Å². The maximum atomic E-state index is 9.51. The zero-order chi connectivity index (χ0) is 14.4. The van der Waals surface area contributed by atoms with E-state index in [1.165, 1.54) is 7.11 Å². The van der Waals surface area contributed by atoms with Gasteiger partial charge in [-0.05, 0) is 35.9 Å². The maximum Gasteiger partial charge on any atom is 0.168 e. The highest BCUT2D eigenvalue weighted by atomic mass is 16.5. The average Bonchev–Trinajstić information content (AvgIpc) is 2.49. The van der Waals surface area contributed by atoms with Crippen molar-refractivity contribution in [3.05, 3.63) is 54.3 Å². The number of benzene rings is 2. The summed E-state index contributed by atoms with van der Waals surface area (Å²) >= 11 is 0. The largest absolute Gasteiger partial charge is 0.504 e. The zero-order valence-corrected chi connectivity index (χ0v) is 11.4. The Morgan fingerprint density at radius 1 is 0.900 bits per heavy atom. The molecular formula is C16H16O4. The standard InChI is InChI=1S/C16H16O4/c1-18-14-5-3-4-6-15(14)20-10-9-12-7-8-13(17)16(11-12)19-2/h3-11,17H,1-2H3. The SMILES string of the molecule is COc1cc(C=COc2ccccc2OC)ccc1O. The van der Waals surface area contributed by atoms with Gasteiger partial charge in [-0.2, -0.15) is 0 Å². The van der Waals surface area contributed by atoms with Crippen LogP contribution in [0.1, 0.15) is 5.56 Å². The molecule has 0 saturated carbocycles. The van der Waals surface area contributed by atoms with Gasteiger partial charge < -0.3 is 19.3 Å². The summed E-state index contributed by atoms with van der Waals surface area (Å²) in [6.45, 7) is 0. The van der Waals surface area contributed by atoms with Crippen LogP contribution in [0, 0.1) is 0 Å². The highest BCUT2D eigenvalue weighted by Gasteiger charge is 2.02. The van der Waals surface area contributed by atoms with E-state index in [0.717, 1.165) is 5.56 Å². The fourth-order valence-corrected chi connectivity index (χ4v) is 1.70. The lowest BCUT2D eigenvalue weighted by molar-refractivity contribution is 0.373. The summed E-state index contributed by atoms with van der Waals surface area (Å²) in [5.74, 6) is 1.83. The number of phenolic OH excluding ortho intramolecular Hbond substituents is 1. The van der Waals surface area contributed by atoms with Gasteiger partial charge in [0.15, 0.2) is 23.0 Å². The molecule has 2 aromatic carbocycles.